The molecular formula is C13H11Cl2O5P. The highest BCUT2D eigenvalue weighted by molar-refractivity contribution is 7.51. The summed E-state index contributed by atoms with van der Waals surface area (Å²) >= 11 is 11.7. The number of rotatable bonds is 4. The van der Waals surface area contributed by atoms with Gasteiger partial charge in [-0.25, -0.2) is 0 Å². The highest BCUT2D eigenvalue weighted by Crippen LogP contribution is 2.50. The lowest BCUT2D eigenvalue weighted by Crippen LogP contribution is -1.98. The second-order valence-electron chi connectivity index (χ2n) is 4.21. The molecule has 0 aliphatic heterocycles. The Labute approximate surface area is 130 Å². The second-order valence-corrected chi connectivity index (χ2v) is 6.69. The molecule has 0 fully saturated rings. The molecule has 3 N–H and O–H groups in total. The van der Waals surface area contributed by atoms with Crippen LogP contribution in [0.5, 0.6) is 11.5 Å². The van der Waals surface area contributed by atoms with Crippen LogP contribution in [0.15, 0.2) is 42.5 Å². The van der Waals surface area contributed by atoms with Gasteiger partial charge in [-0.3, -0.25) is 4.57 Å². The molecule has 0 saturated carbocycles. The summed E-state index contributed by atoms with van der Waals surface area (Å²) in [7, 11) is -4.63. The molecule has 112 valence electrons. The first-order chi connectivity index (χ1) is 9.77. The average Bonchev–Trinajstić information content (AvgIpc) is 2.41. The summed E-state index contributed by atoms with van der Waals surface area (Å²) in [5, 5.41) is 10.3. The highest BCUT2D eigenvalue weighted by Gasteiger charge is 2.28. The van der Waals surface area contributed by atoms with E-state index in [1.165, 1.54) is 24.3 Å². The lowest BCUT2D eigenvalue weighted by molar-refractivity contribution is 0.205. The summed E-state index contributed by atoms with van der Waals surface area (Å²) in [5.41, 5.74) is 0.0564. The van der Waals surface area contributed by atoms with Crippen LogP contribution in [0.25, 0.3) is 0 Å². The van der Waals surface area contributed by atoms with E-state index in [9.17, 15) is 9.67 Å². The third-order valence-corrected chi connectivity index (χ3v) is 4.28. The fraction of sp³-hybridized carbons (Fsp3) is 0.0769. The van der Waals surface area contributed by atoms with Crippen LogP contribution in [-0.4, -0.2) is 14.9 Å². The van der Waals surface area contributed by atoms with E-state index in [1.54, 1.807) is 18.2 Å². The first-order valence-corrected chi connectivity index (χ1v) is 8.17. The number of hydrogen-bond donors (Lipinski definition) is 3. The van der Waals surface area contributed by atoms with Crippen molar-refractivity contribution in [3.63, 3.8) is 0 Å². The number of halogens is 2. The van der Waals surface area contributed by atoms with Crippen molar-refractivity contribution in [2.75, 3.05) is 0 Å². The van der Waals surface area contributed by atoms with Gasteiger partial charge in [-0.1, -0.05) is 35.3 Å². The van der Waals surface area contributed by atoms with Crippen LogP contribution in [0.3, 0.4) is 0 Å². The van der Waals surface area contributed by atoms with Crippen molar-refractivity contribution in [1.29, 1.82) is 0 Å². The fourth-order valence-electron chi connectivity index (χ4n) is 1.61. The van der Waals surface area contributed by atoms with E-state index in [-0.39, 0.29) is 5.56 Å². The Kier molecular flexibility index (Phi) is 4.94. The second kappa shape index (κ2) is 6.36. The van der Waals surface area contributed by atoms with Crippen LogP contribution in [0, 0.1) is 0 Å². The molecule has 21 heavy (non-hydrogen) atoms. The lowest BCUT2D eigenvalue weighted by Gasteiger charge is -2.14. The topological polar surface area (TPSA) is 87.0 Å². The zero-order valence-corrected chi connectivity index (χ0v) is 12.9. The third kappa shape index (κ3) is 4.20. The van der Waals surface area contributed by atoms with E-state index in [0.29, 0.717) is 21.5 Å². The summed E-state index contributed by atoms with van der Waals surface area (Å²) in [4.78, 5) is 18.0. The molecule has 0 heterocycles. The van der Waals surface area contributed by atoms with Gasteiger partial charge in [0.15, 0.2) is 5.85 Å². The number of benzene rings is 2. The Bertz CT molecular complexity index is 701. The molecule has 1 unspecified atom stereocenters. The fourth-order valence-corrected chi connectivity index (χ4v) is 2.45. The molecule has 0 spiro atoms. The zero-order valence-electron chi connectivity index (χ0n) is 10.5. The van der Waals surface area contributed by atoms with Crippen molar-refractivity contribution in [3.05, 3.63) is 58.1 Å². The molecule has 2 rings (SSSR count). The Morgan fingerprint density at radius 1 is 1.00 bits per heavy atom. The van der Waals surface area contributed by atoms with Gasteiger partial charge < -0.3 is 19.6 Å². The summed E-state index contributed by atoms with van der Waals surface area (Å²) < 4.78 is 16.6. The molecular weight excluding hydrogens is 338 g/mol. The lowest BCUT2D eigenvalue weighted by atomic mass is 10.2. The smallest absolute Gasteiger partial charge is 0.358 e. The van der Waals surface area contributed by atoms with E-state index in [1.807, 2.05) is 0 Å². The molecule has 2 aromatic rings. The van der Waals surface area contributed by atoms with E-state index < -0.39 is 13.4 Å². The Morgan fingerprint density at radius 2 is 1.67 bits per heavy atom. The third-order valence-electron chi connectivity index (χ3n) is 2.60. The summed E-state index contributed by atoms with van der Waals surface area (Å²) in [6, 6.07) is 10.5. The van der Waals surface area contributed by atoms with Gasteiger partial charge in [-0.15, -0.1) is 0 Å². The number of ether oxygens (including phenoxy) is 1. The maximum absolute atomic E-state index is 11.1. The van der Waals surface area contributed by atoms with E-state index in [2.05, 4.69) is 0 Å². The Hall–Kier alpha value is -1.07. The van der Waals surface area contributed by atoms with Gasteiger partial charge in [0, 0.05) is 6.07 Å². The maximum Gasteiger partial charge on any atom is 0.358 e. The largest absolute Gasteiger partial charge is 0.457 e. The SMILES string of the molecule is O=P(O)(O)C(O)c1cccc(Oc2ccc(Cl)c(Cl)c2)c1. The molecule has 0 aliphatic rings. The molecule has 0 aliphatic carbocycles. The predicted molar refractivity (Wildman–Crippen MR) is 80.0 cm³/mol. The number of hydrogen-bond acceptors (Lipinski definition) is 3. The van der Waals surface area contributed by atoms with Crippen molar-refractivity contribution in [2.45, 2.75) is 5.85 Å². The standard InChI is InChI=1S/C13H11Cl2O5P/c14-11-5-4-10(7-12(11)15)20-9-3-1-2-8(6-9)13(16)21(17,18)19/h1-7,13,16H,(H2,17,18,19). The maximum atomic E-state index is 11.1. The monoisotopic (exact) mass is 348 g/mol. The van der Waals surface area contributed by atoms with Gasteiger partial charge in [0.05, 0.1) is 10.0 Å². The number of aliphatic hydroxyl groups is 1. The zero-order chi connectivity index (χ0) is 15.6. The highest BCUT2D eigenvalue weighted by atomic mass is 35.5. The molecule has 2 aromatic carbocycles. The summed E-state index contributed by atoms with van der Waals surface area (Å²) in [5.74, 6) is -1.18. The van der Waals surface area contributed by atoms with E-state index in [0.717, 1.165) is 0 Å². The first kappa shape index (κ1) is 16.3. The van der Waals surface area contributed by atoms with Gasteiger partial charge >= 0.3 is 7.60 Å². The molecule has 1 atom stereocenters. The van der Waals surface area contributed by atoms with E-state index in [4.69, 9.17) is 37.7 Å². The molecule has 0 bridgehead atoms. The van der Waals surface area contributed by atoms with Gasteiger partial charge in [0.25, 0.3) is 0 Å². The van der Waals surface area contributed by atoms with Crippen LogP contribution in [-0.2, 0) is 4.57 Å². The van der Waals surface area contributed by atoms with Crippen molar-refractivity contribution in [2.24, 2.45) is 0 Å². The molecule has 0 aromatic heterocycles. The minimum Gasteiger partial charge on any atom is -0.457 e. The van der Waals surface area contributed by atoms with Crippen LogP contribution in [0.1, 0.15) is 11.4 Å². The Morgan fingerprint density at radius 3 is 2.29 bits per heavy atom. The average molecular weight is 349 g/mol. The van der Waals surface area contributed by atoms with Gasteiger partial charge in [-0.2, -0.15) is 0 Å². The molecule has 5 nitrogen and oxygen atoms in total. The van der Waals surface area contributed by atoms with Crippen molar-refractivity contribution >= 4 is 30.8 Å². The van der Waals surface area contributed by atoms with Crippen molar-refractivity contribution in [3.8, 4) is 11.5 Å². The van der Waals surface area contributed by atoms with Crippen LogP contribution in [0.2, 0.25) is 10.0 Å². The summed E-state index contributed by atoms with van der Waals surface area (Å²) in [6.45, 7) is 0. The van der Waals surface area contributed by atoms with Crippen LogP contribution < -0.4 is 4.74 Å². The van der Waals surface area contributed by atoms with Crippen LogP contribution in [0.4, 0.5) is 0 Å². The van der Waals surface area contributed by atoms with Crippen LogP contribution >= 0.6 is 30.8 Å². The van der Waals surface area contributed by atoms with Crippen molar-refractivity contribution < 1.29 is 24.2 Å². The Balaban J connectivity index is 2.25. The van der Waals surface area contributed by atoms with Gasteiger partial charge in [-0.05, 0) is 29.8 Å². The molecule has 0 saturated heterocycles. The predicted octanol–water partition coefficient (Wildman–Crippen LogP) is 3.95. The molecule has 0 radical (unpaired) electrons. The quantitative estimate of drug-likeness (QED) is 0.728. The van der Waals surface area contributed by atoms with E-state index >= 15 is 0 Å². The first-order valence-electron chi connectivity index (χ1n) is 5.73. The minimum absolute atomic E-state index is 0.0564. The van der Waals surface area contributed by atoms with Gasteiger partial charge in [0.1, 0.15) is 11.5 Å². The normalized spacial score (nSPS) is 13.0. The molecule has 8 heteroatoms. The van der Waals surface area contributed by atoms with Crippen molar-refractivity contribution in [1.82, 2.24) is 0 Å². The minimum atomic E-state index is -4.63. The molecule has 0 amide bonds. The summed E-state index contributed by atoms with van der Waals surface area (Å²) in [6.07, 6.45) is 0. The number of aliphatic hydroxyl groups excluding tert-OH is 1. The van der Waals surface area contributed by atoms with Gasteiger partial charge in [0.2, 0.25) is 0 Å².